The second-order valence-corrected chi connectivity index (χ2v) is 20.9. The lowest BCUT2D eigenvalue weighted by Gasteiger charge is -2.29. The number of alkyl halides is 3. The molecular weight excluding hydrogens is 839 g/mol. The number of aromatic nitrogens is 1. The molecule has 2 aromatic carbocycles. The predicted octanol–water partition coefficient (Wildman–Crippen LogP) is 7.96. The lowest BCUT2D eigenvalue weighted by Crippen LogP contribution is -2.52. The fraction of sp³-hybridized carbons (Fsp3) is 0.477. The van der Waals surface area contributed by atoms with Crippen molar-refractivity contribution in [1.29, 1.82) is 0 Å². The molecule has 4 heterocycles. The number of benzene rings is 2. The number of amides is 2. The fourth-order valence-corrected chi connectivity index (χ4v) is 11.2. The number of aryl methyl sites for hydroxylation is 1. The lowest BCUT2D eigenvalue weighted by molar-refractivity contribution is -0.274. The van der Waals surface area contributed by atoms with Gasteiger partial charge in [-0.1, -0.05) is 25.0 Å². The Balaban J connectivity index is 1.14. The Bertz CT molecular complexity index is 2570. The number of allylic oxidation sites excluding steroid dienone is 2. The standard InChI is InChI=1S/C44H45F4N3O8S2/c1-25-10-15-37(60-25)39(54)49-33-9-7-5-3-4-6-8-26-21-43(26,38(53)24-61(56,57)42(2)16-17-42)22-36(52)35-20-29(23-51(35)41(33)55)58-40-31-13-11-27(45)18-32(31)30-14-12-28(19-34(30)50-40)59-44(46,47)48/h6,8,10-15,18-19,26,29,33,35H,3-5,7,9,16-17,20-24H2,1-2H3,(H,49,54)/b8-6-/t26-,29-,33+,35+,43-/m1/s1. The highest BCUT2D eigenvalue weighted by Crippen LogP contribution is 2.58. The Morgan fingerprint density at radius 1 is 1.02 bits per heavy atom. The summed E-state index contributed by atoms with van der Waals surface area (Å²) >= 11 is 1.27. The van der Waals surface area contributed by atoms with E-state index in [1.165, 1.54) is 40.5 Å². The first-order chi connectivity index (χ1) is 28.8. The van der Waals surface area contributed by atoms with Crippen molar-refractivity contribution in [3.05, 3.63) is 76.3 Å². The molecule has 2 aromatic heterocycles. The van der Waals surface area contributed by atoms with E-state index in [4.69, 9.17) is 4.74 Å². The Kier molecular flexibility index (Phi) is 11.3. The predicted molar refractivity (Wildman–Crippen MR) is 220 cm³/mol. The maximum atomic E-state index is 14.8. The number of sulfone groups is 1. The van der Waals surface area contributed by atoms with Gasteiger partial charge in [0.1, 0.15) is 29.5 Å². The van der Waals surface area contributed by atoms with Crippen LogP contribution < -0.4 is 14.8 Å². The fourth-order valence-electron chi connectivity index (χ4n) is 8.71. The number of Topliss-reactive ketones (excluding diaryl/α,β-unsaturated/α-hetero) is 2. The van der Waals surface area contributed by atoms with Crippen molar-refractivity contribution < 1.29 is 54.6 Å². The first-order valence-electron chi connectivity index (χ1n) is 20.4. The molecule has 2 saturated carbocycles. The molecule has 17 heteroatoms. The second-order valence-electron chi connectivity index (χ2n) is 17.1. The smallest absolute Gasteiger partial charge is 0.472 e. The first-order valence-corrected chi connectivity index (χ1v) is 22.9. The van der Waals surface area contributed by atoms with E-state index in [0.717, 1.165) is 29.9 Å². The van der Waals surface area contributed by atoms with Crippen LogP contribution in [0.1, 0.15) is 85.7 Å². The van der Waals surface area contributed by atoms with Crippen LogP contribution >= 0.6 is 11.3 Å². The van der Waals surface area contributed by atoms with E-state index < -0.39 is 85.2 Å². The van der Waals surface area contributed by atoms with Crippen LogP contribution in [0, 0.1) is 24.1 Å². The average Bonchev–Trinajstić information content (AvgIpc) is 3.99. The normalized spacial score (nSPS) is 26.2. The number of ether oxygens (including phenoxy) is 2. The van der Waals surface area contributed by atoms with Gasteiger partial charge in [0.15, 0.2) is 21.4 Å². The van der Waals surface area contributed by atoms with Gasteiger partial charge in [-0.15, -0.1) is 24.5 Å². The third-order valence-electron chi connectivity index (χ3n) is 12.6. The molecule has 3 fully saturated rings. The number of hydrogen-bond acceptors (Lipinski definition) is 10. The van der Waals surface area contributed by atoms with Gasteiger partial charge in [0.2, 0.25) is 11.8 Å². The highest BCUT2D eigenvalue weighted by Gasteiger charge is 2.62. The number of fused-ring (bicyclic) bond motifs is 5. The summed E-state index contributed by atoms with van der Waals surface area (Å²) in [4.78, 5) is 64.2. The molecule has 0 bridgehead atoms. The van der Waals surface area contributed by atoms with Crippen LogP contribution in [0.15, 0.2) is 60.7 Å². The highest BCUT2D eigenvalue weighted by atomic mass is 32.2. The van der Waals surface area contributed by atoms with E-state index >= 15 is 0 Å². The van der Waals surface area contributed by atoms with Gasteiger partial charge in [0.25, 0.3) is 5.91 Å². The van der Waals surface area contributed by atoms with Crippen LogP contribution in [-0.2, 0) is 24.2 Å². The summed E-state index contributed by atoms with van der Waals surface area (Å²) in [6.45, 7) is 3.31. The van der Waals surface area contributed by atoms with E-state index in [-0.39, 0.29) is 54.9 Å². The minimum absolute atomic E-state index is 0.00438. The third-order valence-corrected chi connectivity index (χ3v) is 16.2. The summed E-state index contributed by atoms with van der Waals surface area (Å²) in [6.07, 6.45) is 1.74. The summed E-state index contributed by atoms with van der Waals surface area (Å²) in [5.41, 5.74) is -1.27. The molecule has 11 nitrogen and oxygen atoms in total. The molecule has 5 atom stereocenters. The second kappa shape index (κ2) is 16.1. The Labute approximate surface area is 353 Å². The van der Waals surface area contributed by atoms with E-state index in [9.17, 15) is 45.2 Å². The summed E-state index contributed by atoms with van der Waals surface area (Å²) in [7, 11) is -3.79. The molecule has 61 heavy (non-hydrogen) atoms. The van der Waals surface area contributed by atoms with Crippen molar-refractivity contribution >= 4 is 66.2 Å². The number of thiophene rings is 1. The zero-order valence-corrected chi connectivity index (χ0v) is 35.2. The van der Waals surface area contributed by atoms with Gasteiger partial charge in [-0.2, -0.15) is 0 Å². The molecule has 2 aliphatic carbocycles. The van der Waals surface area contributed by atoms with Crippen LogP contribution in [0.3, 0.4) is 0 Å². The van der Waals surface area contributed by atoms with Crippen molar-refractivity contribution in [2.75, 3.05) is 12.3 Å². The molecule has 2 aliphatic heterocycles. The Morgan fingerprint density at radius 2 is 1.79 bits per heavy atom. The number of carbonyl (C=O) groups is 4. The molecule has 324 valence electrons. The van der Waals surface area contributed by atoms with Crippen LogP contribution in [0.2, 0.25) is 0 Å². The van der Waals surface area contributed by atoms with Crippen molar-refractivity contribution in [3.8, 4) is 11.6 Å². The zero-order chi connectivity index (χ0) is 43.5. The van der Waals surface area contributed by atoms with Gasteiger partial charge in [0.05, 0.1) is 27.7 Å². The number of nitrogens with zero attached hydrogens (tertiary/aromatic N) is 2. The van der Waals surface area contributed by atoms with Gasteiger partial charge in [-0.3, -0.25) is 19.2 Å². The topological polar surface area (TPSA) is 149 Å². The van der Waals surface area contributed by atoms with Crippen LogP contribution in [0.4, 0.5) is 17.6 Å². The SMILES string of the molecule is Cc1ccc(C(=O)N[C@H]2CCCCC/C=C\[C@@H]3C[C@@]3(C(=O)CS(=O)(=O)C3(C)CC3)CC(=O)[C@@H]3C[C@@H](Oc4nc5cc(OC(F)(F)F)ccc5c5cc(F)ccc45)CN3C2=O)s1. The average molecular weight is 884 g/mol. The first kappa shape index (κ1) is 42.8. The van der Waals surface area contributed by atoms with Crippen molar-refractivity contribution in [2.24, 2.45) is 11.3 Å². The van der Waals surface area contributed by atoms with Crippen molar-refractivity contribution in [3.63, 3.8) is 0 Å². The maximum absolute atomic E-state index is 14.8. The number of halogens is 4. The van der Waals surface area contributed by atoms with Crippen molar-refractivity contribution in [1.82, 2.24) is 15.2 Å². The van der Waals surface area contributed by atoms with E-state index in [0.29, 0.717) is 41.3 Å². The number of carbonyl (C=O) groups excluding carboxylic acids is 4. The Morgan fingerprint density at radius 3 is 2.51 bits per heavy atom. The Hall–Kier alpha value is -4.90. The minimum Gasteiger partial charge on any atom is -0.472 e. The molecule has 0 spiro atoms. The van der Waals surface area contributed by atoms with Crippen LogP contribution in [0.25, 0.3) is 21.7 Å². The number of ketones is 2. The van der Waals surface area contributed by atoms with Crippen molar-refractivity contribution in [2.45, 2.75) is 107 Å². The molecular formula is C44H45F4N3O8S2. The number of nitrogens with one attached hydrogen (secondary N) is 1. The van der Waals surface area contributed by atoms with E-state index in [2.05, 4.69) is 15.0 Å². The monoisotopic (exact) mass is 883 g/mol. The number of hydrogen-bond donors (Lipinski definition) is 1. The molecule has 4 aliphatic rings. The van der Waals surface area contributed by atoms with Gasteiger partial charge >= 0.3 is 6.36 Å². The zero-order valence-electron chi connectivity index (χ0n) is 33.6. The van der Waals surface area contributed by atoms with Gasteiger partial charge < -0.3 is 19.7 Å². The molecule has 0 radical (unpaired) electrons. The molecule has 2 amide bonds. The molecule has 0 unspecified atom stereocenters. The summed E-state index contributed by atoms with van der Waals surface area (Å²) in [6, 6.07) is 8.54. The number of rotatable bonds is 9. The van der Waals surface area contributed by atoms with Gasteiger partial charge in [0, 0.05) is 40.0 Å². The van der Waals surface area contributed by atoms with Gasteiger partial charge in [-0.25, -0.2) is 17.8 Å². The van der Waals surface area contributed by atoms with E-state index in [1.807, 2.05) is 19.1 Å². The molecule has 8 rings (SSSR count). The summed E-state index contributed by atoms with van der Waals surface area (Å²) < 4.78 is 90.5. The van der Waals surface area contributed by atoms with Gasteiger partial charge in [-0.05, 0) is 106 Å². The summed E-state index contributed by atoms with van der Waals surface area (Å²) in [5, 5.41) is 3.82. The highest BCUT2D eigenvalue weighted by molar-refractivity contribution is 7.93. The summed E-state index contributed by atoms with van der Waals surface area (Å²) in [5.74, 6) is -4.30. The molecule has 1 N–H and O–H groups in total. The minimum atomic E-state index is -4.99. The van der Waals surface area contributed by atoms with Crippen LogP contribution in [-0.4, -0.2) is 83.3 Å². The lowest BCUT2D eigenvalue weighted by atomic mass is 9.88. The largest absolute Gasteiger partial charge is 0.573 e. The molecule has 1 saturated heterocycles. The van der Waals surface area contributed by atoms with Crippen LogP contribution in [0.5, 0.6) is 11.6 Å². The molecule has 4 aromatic rings. The number of pyridine rings is 1. The quantitative estimate of drug-likeness (QED) is 0.100. The van der Waals surface area contributed by atoms with E-state index in [1.54, 1.807) is 19.1 Å². The maximum Gasteiger partial charge on any atom is 0.573 e. The third kappa shape index (κ3) is 8.90.